The fourth-order valence-electron chi connectivity index (χ4n) is 1.75. The molecule has 0 amide bonds. The van der Waals surface area contributed by atoms with Crippen LogP contribution in [-0.4, -0.2) is 150 Å². The Morgan fingerprint density at radius 2 is 1.04 bits per heavy atom. The maximum atomic E-state index is 10.2. The van der Waals surface area contributed by atoms with Gasteiger partial charge in [0.25, 0.3) is 0 Å². The molecule has 0 fully saturated rings. The second-order valence-electron chi connectivity index (χ2n) is 4.94. The molecule has 0 unspecified atom stereocenters. The van der Waals surface area contributed by atoms with Crippen molar-refractivity contribution in [1.29, 1.82) is 0 Å². The van der Waals surface area contributed by atoms with Crippen molar-refractivity contribution in [3.05, 3.63) is 0 Å². The molecule has 8 N–H and O–H groups in total. The molecule has 0 saturated carbocycles. The number of hydrogen-bond donors (Lipinski definition) is 4. The zero-order valence-electron chi connectivity index (χ0n) is 14.1. The Balaban J connectivity index is -0.0000000713. The van der Waals surface area contributed by atoms with Gasteiger partial charge in [-0.3, -0.25) is 4.55 Å². The van der Waals surface area contributed by atoms with Crippen molar-refractivity contribution in [2.75, 3.05) is 6.61 Å². The van der Waals surface area contributed by atoms with Gasteiger partial charge in [0, 0.05) is 0 Å². The molecule has 0 spiro atoms. The van der Waals surface area contributed by atoms with E-state index >= 15 is 0 Å². The van der Waals surface area contributed by atoms with Gasteiger partial charge in [0.15, 0.2) is 0 Å². The summed E-state index contributed by atoms with van der Waals surface area (Å²) in [6, 6.07) is 0. The van der Waals surface area contributed by atoms with Gasteiger partial charge in [-0.05, 0) is 6.42 Å². The first kappa shape index (κ1) is 48.0. The summed E-state index contributed by atoms with van der Waals surface area (Å²) in [4.78, 5) is 21.6. The van der Waals surface area contributed by atoms with E-state index in [0.29, 0.717) is 6.42 Å². The van der Waals surface area contributed by atoms with Crippen LogP contribution in [0.4, 0.5) is 0 Å². The topological polar surface area (TPSA) is 204 Å². The third kappa shape index (κ3) is 72.9. The Labute approximate surface area is 244 Å². The first-order valence-corrected chi connectivity index (χ1v) is 10.4. The summed E-state index contributed by atoms with van der Waals surface area (Å²) in [5.74, 6) is 0. The number of phosphoric acid groups is 1. The van der Waals surface area contributed by atoms with Crippen LogP contribution < -0.4 is 0 Å². The number of rotatable bonds is 12. The maximum absolute atomic E-state index is 10.2. The minimum atomic E-state index is -4.64. The fraction of sp³-hybridized carbons (Fsp3) is 1.00. The molecule has 0 saturated heterocycles. The monoisotopic (exact) mass is 508 g/mol. The molecule has 0 bridgehead atoms. The van der Waals surface area contributed by atoms with Crippen LogP contribution in [0.5, 0.6) is 0 Å². The second-order valence-corrected chi connectivity index (χ2v) is 7.06. The molecule has 27 heavy (non-hydrogen) atoms. The SMILES string of the molecule is CCCCCCCCCCCCOS(=O)(=O)O.O.O.O=P(O)(O)O.[CaH2].[CaH2].[NaH]. The standard InChI is InChI=1S/C12H26O4S.2Ca.Na.H3O4P.2H2O.5H/c1-2-3-4-5-6-7-8-9-10-11-12-16-17(13,14)15;;;;1-5(2,3)4;;;;;;;/h2-12H2,1H3,(H,13,14,15);;;;(H3,1,2,3,4);2*1H2;;;;;. The van der Waals surface area contributed by atoms with Gasteiger partial charge in [0.1, 0.15) is 0 Å². The third-order valence-corrected chi connectivity index (χ3v) is 3.19. The summed E-state index contributed by atoms with van der Waals surface area (Å²) in [6.07, 6.45) is 11.9. The molecule has 0 aromatic heterocycles. The van der Waals surface area contributed by atoms with E-state index in [1.165, 1.54) is 44.9 Å². The van der Waals surface area contributed by atoms with Crippen molar-refractivity contribution in [2.45, 2.75) is 71.1 Å². The van der Waals surface area contributed by atoms with Crippen molar-refractivity contribution in [2.24, 2.45) is 0 Å². The zero-order valence-corrected chi connectivity index (χ0v) is 15.8. The second kappa shape index (κ2) is 31.6. The van der Waals surface area contributed by atoms with Crippen molar-refractivity contribution >= 4 is 123 Å². The van der Waals surface area contributed by atoms with Gasteiger partial charge in [0.2, 0.25) is 0 Å². The molecule has 0 aliphatic heterocycles. The number of unbranched alkanes of at least 4 members (excludes halogenated alkanes) is 9. The van der Waals surface area contributed by atoms with Crippen LogP contribution in [0, 0.1) is 0 Å². The van der Waals surface area contributed by atoms with E-state index in [0.717, 1.165) is 12.8 Å². The predicted octanol–water partition coefficient (Wildman–Crippen LogP) is -1.33. The Morgan fingerprint density at radius 3 is 1.30 bits per heavy atom. The molecule has 0 aromatic rings. The van der Waals surface area contributed by atoms with Gasteiger partial charge >= 0.3 is 123 Å². The van der Waals surface area contributed by atoms with Crippen molar-refractivity contribution in [3.63, 3.8) is 0 Å². The van der Waals surface area contributed by atoms with Crippen LogP contribution in [0.25, 0.3) is 0 Å². The van der Waals surface area contributed by atoms with E-state index < -0.39 is 18.2 Å². The summed E-state index contributed by atoms with van der Waals surface area (Å²) < 4.78 is 41.9. The van der Waals surface area contributed by atoms with Crippen LogP contribution >= 0.6 is 7.82 Å². The molecule has 0 aromatic carbocycles. The molecule has 162 valence electrons. The number of hydrogen-bond acceptors (Lipinski definition) is 4. The molecule has 0 heterocycles. The first-order chi connectivity index (χ1) is 10.1. The molecular weight excluding hydrogens is 470 g/mol. The van der Waals surface area contributed by atoms with E-state index in [9.17, 15) is 8.42 Å². The molecule has 0 aliphatic rings. The van der Waals surface area contributed by atoms with Crippen molar-refractivity contribution in [1.82, 2.24) is 0 Å². The molecular formula is C12H38Ca2NaO10PS. The minimum absolute atomic E-state index is 0. The third-order valence-electron chi connectivity index (χ3n) is 2.73. The molecule has 10 nitrogen and oxygen atoms in total. The average Bonchev–Trinajstić information content (AvgIpc) is 2.32. The summed E-state index contributed by atoms with van der Waals surface area (Å²) in [6.45, 7) is 2.31. The van der Waals surface area contributed by atoms with E-state index in [1.807, 2.05) is 0 Å². The molecule has 15 heteroatoms. The van der Waals surface area contributed by atoms with Gasteiger partial charge < -0.3 is 25.6 Å². The van der Waals surface area contributed by atoms with Crippen LogP contribution in [0.1, 0.15) is 71.1 Å². The van der Waals surface area contributed by atoms with Gasteiger partial charge in [-0.15, -0.1) is 0 Å². The summed E-state index contributed by atoms with van der Waals surface area (Å²) >= 11 is 0. The van der Waals surface area contributed by atoms with Gasteiger partial charge in [-0.25, -0.2) is 8.75 Å². The van der Waals surface area contributed by atoms with Gasteiger partial charge in [-0.2, -0.15) is 8.42 Å². The Morgan fingerprint density at radius 1 is 0.778 bits per heavy atom. The van der Waals surface area contributed by atoms with E-state index in [-0.39, 0.29) is 123 Å². The summed E-state index contributed by atoms with van der Waals surface area (Å²) in [5.41, 5.74) is 0. The van der Waals surface area contributed by atoms with E-state index in [4.69, 9.17) is 23.8 Å². The van der Waals surface area contributed by atoms with Gasteiger partial charge in [0.05, 0.1) is 6.61 Å². The molecule has 0 atom stereocenters. The molecule has 0 radical (unpaired) electrons. The first-order valence-electron chi connectivity index (χ1n) is 7.46. The molecule has 0 rings (SSSR count). The van der Waals surface area contributed by atoms with Crippen molar-refractivity contribution in [3.8, 4) is 0 Å². The normalized spacial score (nSPS) is 9.67. The summed E-state index contributed by atoms with van der Waals surface area (Å²) in [7, 11) is -8.87. The van der Waals surface area contributed by atoms with Crippen LogP contribution in [-0.2, 0) is 19.1 Å². The summed E-state index contributed by atoms with van der Waals surface area (Å²) in [5, 5.41) is 0. The Hall–Kier alpha value is 3.42. The zero-order chi connectivity index (χ0) is 17.5. The quantitative estimate of drug-likeness (QED) is 0.107. The van der Waals surface area contributed by atoms with Crippen molar-refractivity contribution < 1.29 is 47.4 Å². The Kier molecular flexibility index (Phi) is 56.2. The predicted molar refractivity (Wildman–Crippen MR) is 115 cm³/mol. The van der Waals surface area contributed by atoms with Crippen LogP contribution in [0.2, 0.25) is 0 Å². The van der Waals surface area contributed by atoms with E-state index in [1.54, 1.807) is 0 Å². The molecule has 0 aliphatic carbocycles. The Bertz CT molecular complexity index is 389. The van der Waals surface area contributed by atoms with Crippen LogP contribution in [0.3, 0.4) is 0 Å². The van der Waals surface area contributed by atoms with Gasteiger partial charge in [-0.1, -0.05) is 64.7 Å². The van der Waals surface area contributed by atoms with E-state index in [2.05, 4.69) is 11.1 Å². The fourth-order valence-corrected chi connectivity index (χ4v) is 2.08. The average molecular weight is 509 g/mol. The van der Waals surface area contributed by atoms with Crippen LogP contribution in [0.15, 0.2) is 0 Å².